The third-order valence-corrected chi connectivity index (χ3v) is 5.24. The molecule has 1 aromatic carbocycles. The highest BCUT2D eigenvalue weighted by Gasteiger charge is 2.37. The number of hydrogen-bond donors (Lipinski definition) is 2. The first-order valence-electron chi connectivity index (χ1n) is 8.39. The maximum absolute atomic E-state index is 13.4. The molecule has 1 aromatic heterocycles. The number of alkyl halides is 3. The van der Waals surface area contributed by atoms with Crippen molar-refractivity contribution in [3.05, 3.63) is 40.0 Å². The third kappa shape index (κ3) is 4.75. The summed E-state index contributed by atoms with van der Waals surface area (Å²) in [5.74, 6) is 0.249. The molecule has 0 amide bonds. The second kappa shape index (κ2) is 8.08. The van der Waals surface area contributed by atoms with Crippen LogP contribution >= 0.6 is 23.2 Å². The van der Waals surface area contributed by atoms with Gasteiger partial charge in [-0.05, 0) is 43.5 Å². The fourth-order valence-electron chi connectivity index (χ4n) is 2.96. The van der Waals surface area contributed by atoms with E-state index in [1.807, 2.05) is 0 Å². The van der Waals surface area contributed by atoms with Crippen LogP contribution in [0, 0.1) is 5.92 Å². The molecule has 1 aliphatic heterocycles. The molecular formula is C17H18Cl2F3N5. The number of piperidine rings is 1. The molecule has 2 heterocycles. The van der Waals surface area contributed by atoms with E-state index < -0.39 is 11.7 Å². The van der Waals surface area contributed by atoms with Crippen LogP contribution in [-0.2, 0) is 6.18 Å². The van der Waals surface area contributed by atoms with Crippen LogP contribution in [0.15, 0.2) is 24.4 Å². The molecule has 0 radical (unpaired) electrons. The molecule has 0 spiro atoms. The Kier molecular flexibility index (Phi) is 5.98. The molecular weight excluding hydrogens is 402 g/mol. The van der Waals surface area contributed by atoms with Crippen molar-refractivity contribution in [3.63, 3.8) is 0 Å². The number of anilines is 3. The molecule has 1 aliphatic rings. The van der Waals surface area contributed by atoms with E-state index in [9.17, 15) is 13.2 Å². The first-order chi connectivity index (χ1) is 12.8. The lowest BCUT2D eigenvalue weighted by Crippen LogP contribution is -2.37. The van der Waals surface area contributed by atoms with E-state index in [0.717, 1.165) is 19.0 Å². The lowest BCUT2D eigenvalue weighted by Gasteiger charge is -2.33. The van der Waals surface area contributed by atoms with Gasteiger partial charge in [0.25, 0.3) is 0 Å². The number of nitrogens with two attached hydrogens (primary N) is 1. The van der Waals surface area contributed by atoms with Gasteiger partial charge in [-0.25, -0.2) is 4.98 Å². The summed E-state index contributed by atoms with van der Waals surface area (Å²) < 4.78 is 40.3. The van der Waals surface area contributed by atoms with Crippen LogP contribution in [0.5, 0.6) is 0 Å². The summed E-state index contributed by atoms with van der Waals surface area (Å²) in [5, 5.41) is 3.56. The summed E-state index contributed by atoms with van der Waals surface area (Å²) in [7, 11) is 0. The highest BCUT2D eigenvalue weighted by Crippen LogP contribution is 2.37. The minimum absolute atomic E-state index is 0.0531. The van der Waals surface area contributed by atoms with Crippen LogP contribution in [0.4, 0.5) is 30.6 Å². The summed E-state index contributed by atoms with van der Waals surface area (Å²) >= 11 is 11.8. The molecule has 0 atom stereocenters. The maximum atomic E-state index is 13.4. The lowest BCUT2D eigenvalue weighted by molar-refractivity contribution is -0.137. The zero-order valence-electron chi connectivity index (χ0n) is 14.2. The largest absolute Gasteiger partial charge is 0.421 e. The molecule has 3 rings (SSSR count). The van der Waals surface area contributed by atoms with E-state index in [0.29, 0.717) is 41.3 Å². The number of halogens is 5. The normalized spacial score (nSPS) is 15.9. The van der Waals surface area contributed by atoms with Crippen LogP contribution in [0.2, 0.25) is 10.0 Å². The zero-order valence-corrected chi connectivity index (χ0v) is 15.7. The predicted molar refractivity (Wildman–Crippen MR) is 101 cm³/mol. The van der Waals surface area contributed by atoms with Gasteiger partial charge >= 0.3 is 6.18 Å². The number of hydrogen-bond acceptors (Lipinski definition) is 5. The fourth-order valence-corrected chi connectivity index (χ4v) is 3.26. The zero-order chi connectivity index (χ0) is 19.6. The van der Waals surface area contributed by atoms with Crippen LogP contribution < -0.4 is 16.0 Å². The molecule has 3 N–H and O–H groups in total. The summed E-state index contributed by atoms with van der Waals surface area (Å²) in [6, 6.07) is 4.77. The Morgan fingerprint density at radius 3 is 2.48 bits per heavy atom. The third-order valence-electron chi connectivity index (χ3n) is 4.50. The molecule has 10 heteroatoms. The van der Waals surface area contributed by atoms with Crippen molar-refractivity contribution in [1.29, 1.82) is 0 Å². The van der Waals surface area contributed by atoms with E-state index in [1.54, 1.807) is 23.1 Å². The van der Waals surface area contributed by atoms with Crippen LogP contribution in [0.3, 0.4) is 0 Å². The van der Waals surface area contributed by atoms with Crippen molar-refractivity contribution >= 4 is 40.7 Å². The van der Waals surface area contributed by atoms with Crippen LogP contribution in [-0.4, -0.2) is 29.6 Å². The van der Waals surface area contributed by atoms with Gasteiger partial charge in [0.15, 0.2) is 0 Å². The molecule has 2 aromatic rings. The quantitative estimate of drug-likeness (QED) is 0.750. The first-order valence-corrected chi connectivity index (χ1v) is 9.15. The number of benzene rings is 1. The molecule has 0 unspecified atom stereocenters. The van der Waals surface area contributed by atoms with Gasteiger partial charge in [-0.2, -0.15) is 18.2 Å². The molecule has 5 nitrogen and oxygen atoms in total. The molecule has 27 heavy (non-hydrogen) atoms. The minimum Gasteiger partial charge on any atom is -0.356 e. The van der Waals surface area contributed by atoms with Crippen LogP contribution in [0.25, 0.3) is 0 Å². The van der Waals surface area contributed by atoms with Crippen molar-refractivity contribution < 1.29 is 13.2 Å². The van der Waals surface area contributed by atoms with Gasteiger partial charge in [-0.3, -0.25) is 0 Å². The Hall–Kier alpha value is -1.77. The van der Waals surface area contributed by atoms with Gasteiger partial charge in [0.2, 0.25) is 5.95 Å². The van der Waals surface area contributed by atoms with E-state index >= 15 is 0 Å². The molecule has 146 valence electrons. The van der Waals surface area contributed by atoms with Crippen molar-refractivity contribution in [3.8, 4) is 0 Å². The van der Waals surface area contributed by atoms with Crippen molar-refractivity contribution in [2.75, 3.05) is 29.9 Å². The molecule has 0 saturated carbocycles. The van der Waals surface area contributed by atoms with Gasteiger partial charge in [0.1, 0.15) is 11.4 Å². The molecule has 1 fully saturated rings. The Balaban J connectivity index is 1.89. The monoisotopic (exact) mass is 419 g/mol. The minimum atomic E-state index is -4.54. The topological polar surface area (TPSA) is 67.1 Å². The van der Waals surface area contributed by atoms with E-state index in [4.69, 9.17) is 28.9 Å². The highest BCUT2D eigenvalue weighted by atomic mass is 35.5. The number of nitrogens with zero attached hydrogens (tertiary/aromatic N) is 3. The van der Waals surface area contributed by atoms with E-state index in [-0.39, 0.29) is 11.8 Å². The van der Waals surface area contributed by atoms with Gasteiger partial charge in [0.05, 0.1) is 10.0 Å². The maximum Gasteiger partial charge on any atom is 0.421 e. The number of aromatic nitrogens is 2. The number of rotatable bonds is 4. The van der Waals surface area contributed by atoms with E-state index in [2.05, 4.69) is 15.3 Å². The average molecular weight is 420 g/mol. The molecule has 0 aliphatic carbocycles. The number of nitrogens with one attached hydrogen (secondary N) is 1. The van der Waals surface area contributed by atoms with E-state index in [1.165, 1.54) is 0 Å². The summed E-state index contributed by atoms with van der Waals surface area (Å²) in [5.41, 5.74) is 5.34. The SMILES string of the molecule is NCC1CCN(c2nc(Nc3ccc(Cl)c(Cl)c3)ncc2C(F)(F)F)CC1. The Morgan fingerprint density at radius 2 is 1.89 bits per heavy atom. The summed E-state index contributed by atoms with van der Waals surface area (Å²) in [4.78, 5) is 9.59. The van der Waals surface area contributed by atoms with Gasteiger partial charge in [-0.1, -0.05) is 23.2 Å². The summed E-state index contributed by atoms with van der Waals surface area (Å²) in [6.45, 7) is 1.47. The smallest absolute Gasteiger partial charge is 0.356 e. The Bertz CT molecular complexity index is 808. The van der Waals surface area contributed by atoms with Crippen molar-refractivity contribution in [2.24, 2.45) is 11.7 Å². The lowest BCUT2D eigenvalue weighted by atomic mass is 9.97. The second-order valence-corrected chi connectivity index (χ2v) is 7.16. The fraction of sp³-hybridized carbons (Fsp3) is 0.412. The molecule has 1 saturated heterocycles. The van der Waals surface area contributed by atoms with Crippen LogP contribution in [0.1, 0.15) is 18.4 Å². The van der Waals surface area contributed by atoms with Gasteiger partial charge in [0, 0.05) is 25.0 Å². The van der Waals surface area contributed by atoms with Crippen molar-refractivity contribution in [2.45, 2.75) is 19.0 Å². The average Bonchev–Trinajstić information content (AvgIpc) is 2.64. The van der Waals surface area contributed by atoms with Gasteiger partial charge < -0.3 is 16.0 Å². The molecule has 0 bridgehead atoms. The highest BCUT2D eigenvalue weighted by molar-refractivity contribution is 6.42. The second-order valence-electron chi connectivity index (χ2n) is 6.35. The first kappa shape index (κ1) is 20.0. The van der Waals surface area contributed by atoms with Gasteiger partial charge in [-0.15, -0.1) is 0 Å². The van der Waals surface area contributed by atoms with Crippen molar-refractivity contribution in [1.82, 2.24) is 9.97 Å². The summed E-state index contributed by atoms with van der Waals surface area (Å²) in [6.07, 6.45) is -2.28. The Morgan fingerprint density at radius 1 is 1.19 bits per heavy atom. The Labute approximate surface area is 164 Å². The standard InChI is InChI=1S/C17H18Cl2F3N5/c18-13-2-1-11(7-14(13)19)25-16-24-9-12(17(20,21)22)15(26-16)27-5-3-10(8-23)4-6-27/h1-2,7,9-10H,3-6,8,23H2,(H,24,25,26). The predicted octanol–water partition coefficient (Wildman–Crippen LogP) is 4.72.